The zero-order valence-electron chi connectivity index (χ0n) is 17.1. The molecule has 1 unspecified atom stereocenters. The van der Waals surface area contributed by atoms with Crippen LogP contribution in [0, 0.1) is 6.92 Å². The number of guanidine groups is 1. The van der Waals surface area contributed by atoms with E-state index in [0.717, 1.165) is 24.8 Å². The zero-order chi connectivity index (χ0) is 19.9. The normalized spacial score (nSPS) is 15.5. The number of carbonyl (C=O) groups is 1. The Balaban J connectivity index is 0.00000300. The van der Waals surface area contributed by atoms with Crippen molar-refractivity contribution in [1.29, 1.82) is 0 Å². The van der Waals surface area contributed by atoms with E-state index in [1.54, 1.807) is 19.2 Å². The molecule has 2 heterocycles. The summed E-state index contributed by atoms with van der Waals surface area (Å²) < 4.78 is 11.2. The largest absolute Gasteiger partial charge is 0.489 e. The van der Waals surface area contributed by atoms with Gasteiger partial charge in [-0.1, -0.05) is 12.1 Å². The Bertz CT molecular complexity index is 802. The third-order valence-corrected chi connectivity index (χ3v) is 4.68. The molecule has 1 amide bonds. The third-order valence-electron chi connectivity index (χ3n) is 4.68. The van der Waals surface area contributed by atoms with Crippen molar-refractivity contribution in [2.75, 3.05) is 39.8 Å². The van der Waals surface area contributed by atoms with Gasteiger partial charge >= 0.3 is 0 Å². The van der Waals surface area contributed by atoms with Crippen molar-refractivity contribution in [2.45, 2.75) is 20.0 Å². The van der Waals surface area contributed by atoms with Crippen LogP contribution in [0.1, 0.15) is 23.0 Å². The second-order valence-electron chi connectivity index (χ2n) is 6.93. The molecule has 2 aromatic rings. The second-order valence-corrected chi connectivity index (χ2v) is 6.93. The van der Waals surface area contributed by atoms with Gasteiger partial charge in [0.05, 0.1) is 12.8 Å². The van der Waals surface area contributed by atoms with Crippen LogP contribution in [0.4, 0.5) is 0 Å². The predicted octanol–water partition coefficient (Wildman–Crippen LogP) is 3.01. The van der Waals surface area contributed by atoms with Gasteiger partial charge in [0.25, 0.3) is 5.91 Å². The van der Waals surface area contributed by atoms with E-state index in [9.17, 15) is 4.79 Å². The van der Waals surface area contributed by atoms with Crippen LogP contribution in [-0.2, 0) is 0 Å². The first-order chi connectivity index (χ1) is 13.6. The highest BCUT2D eigenvalue weighted by Crippen LogP contribution is 2.14. The van der Waals surface area contributed by atoms with E-state index in [0.29, 0.717) is 25.4 Å². The number of halogens is 1. The molecular weight excluding hydrogens is 483 g/mol. The van der Waals surface area contributed by atoms with Crippen LogP contribution in [0.2, 0.25) is 0 Å². The van der Waals surface area contributed by atoms with Crippen molar-refractivity contribution in [3.8, 4) is 5.75 Å². The molecule has 1 atom stereocenters. The summed E-state index contributed by atoms with van der Waals surface area (Å²) in [5, 5.41) is 3.37. The van der Waals surface area contributed by atoms with Crippen LogP contribution in [0.3, 0.4) is 0 Å². The number of piperazine rings is 1. The molecule has 1 saturated heterocycles. The number of hydrogen-bond acceptors (Lipinski definition) is 4. The van der Waals surface area contributed by atoms with E-state index in [4.69, 9.17) is 9.15 Å². The summed E-state index contributed by atoms with van der Waals surface area (Å²) in [7, 11) is 1.77. The molecule has 8 heteroatoms. The Labute approximate surface area is 189 Å². The Hall–Kier alpha value is -2.23. The standard InChI is InChI=1S/C21H28N4O3.HI/c1-16-6-4-7-18(14-16)28-17(2)15-23-21(22-3)25-11-9-24(10-12-25)20(26)19-8-5-13-27-19;/h4-8,13-14,17H,9-12,15H2,1-3H3,(H,22,23);1H. The van der Waals surface area contributed by atoms with Crippen LogP contribution >= 0.6 is 24.0 Å². The maximum absolute atomic E-state index is 12.4. The summed E-state index contributed by atoms with van der Waals surface area (Å²) in [5.41, 5.74) is 1.18. The average Bonchev–Trinajstić information content (AvgIpc) is 3.23. The summed E-state index contributed by atoms with van der Waals surface area (Å²) in [6, 6.07) is 11.5. The number of rotatable bonds is 5. The van der Waals surface area contributed by atoms with Gasteiger partial charge < -0.3 is 24.3 Å². The first-order valence-corrected chi connectivity index (χ1v) is 9.58. The lowest BCUT2D eigenvalue weighted by molar-refractivity contribution is 0.0657. The second kappa shape index (κ2) is 11.1. The molecule has 1 N–H and O–H groups in total. The average molecular weight is 512 g/mol. The Morgan fingerprint density at radius 1 is 1.21 bits per heavy atom. The molecule has 158 valence electrons. The molecule has 3 rings (SSSR count). The Morgan fingerprint density at radius 3 is 2.55 bits per heavy atom. The molecule has 29 heavy (non-hydrogen) atoms. The highest BCUT2D eigenvalue weighted by atomic mass is 127. The van der Waals surface area contributed by atoms with Gasteiger partial charge in [0.15, 0.2) is 11.7 Å². The summed E-state index contributed by atoms with van der Waals surface area (Å²) >= 11 is 0. The summed E-state index contributed by atoms with van der Waals surface area (Å²) in [6.45, 7) is 7.44. The van der Waals surface area contributed by atoms with Crippen LogP contribution in [-0.4, -0.2) is 67.5 Å². The van der Waals surface area contributed by atoms with Crippen LogP contribution in [0.5, 0.6) is 5.75 Å². The van der Waals surface area contributed by atoms with Gasteiger partial charge in [0.1, 0.15) is 11.9 Å². The molecule has 1 aliphatic rings. The predicted molar refractivity (Wildman–Crippen MR) is 124 cm³/mol. The molecule has 1 aromatic carbocycles. The van der Waals surface area contributed by atoms with Gasteiger partial charge in [-0.25, -0.2) is 0 Å². The van der Waals surface area contributed by atoms with Crippen molar-refractivity contribution in [3.05, 3.63) is 54.0 Å². The van der Waals surface area contributed by atoms with Crippen LogP contribution in [0.15, 0.2) is 52.1 Å². The van der Waals surface area contributed by atoms with Crippen molar-refractivity contribution in [2.24, 2.45) is 4.99 Å². The lowest BCUT2D eigenvalue weighted by Crippen LogP contribution is -2.54. The summed E-state index contributed by atoms with van der Waals surface area (Å²) in [5.74, 6) is 2.02. The minimum atomic E-state index is -0.0622. The van der Waals surface area contributed by atoms with E-state index in [1.807, 2.05) is 43.0 Å². The topological polar surface area (TPSA) is 70.3 Å². The molecule has 1 aromatic heterocycles. The first-order valence-electron chi connectivity index (χ1n) is 9.58. The van der Waals surface area contributed by atoms with Gasteiger partial charge in [-0.05, 0) is 43.7 Å². The first kappa shape index (κ1) is 23.1. The SMILES string of the molecule is CN=C(NCC(C)Oc1cccc(C)c1)N1CCN(C(=O)c2ccco2)CC1.I. The number of nitrogens with zero attached hydrogens (tertiary/aromatic N) is 3. The molecule has 7 nitrogen and oxygen atoms in total. The molecule has 0 radical (unpaired) electrons. The minimum absolute atomic E-state index is 0. The molecule has 1 aliphatic heterocycles. The van der Waals surface area contributed by atoms with Gasteiger partial charge in [0.2, 0.25) is 0 Å². The smallest absolute Gasteiger partial charge is 0.289 e. The van der Waals surface area contributed by atoms with E-state index in [2.05, 4.69) is 15.2 Å². The number of benzene rings is 1. The van der Waals surface area contributed by atoms with Crippen molar-refractivity contribution in [3.63, 3.8) is 0 Å². The molecule has 0 saturated carbocycles. The monoisotopic (exact) mass is 512 g/mol. The highest BCUT2D eigenvalue weighted by Gasteiger charge is 2.25. The molecular formula is C21H29IN4O3. The number of hydrogen-bond donors (Lipinski definition) is 1. The number of amides is 1. The third kappa shape index (κ3) is 6.38. The van der Waals surface area contributed by atoms with Gasteiger partial charge in [-0.2, -0.15) is 0 Å². The molecule has 0 aliphatic carbocycles. The van der Waals surface area contributed by atoms with E-state index < -0.39 is 0 Å². The van der Waals surface area contributed by atoms with Crippen LogP contribution in [0.25, 0.3) is 0 Å². The van der Waals surface area contributed by atoms with Crippen molar-refractivity contribution in [1.82, 2.24) is 15.1 Å². The van der Waals surface area contributed by atoms with Gasteiger partial charge in [-0.3, -0.25) is 9.79 Å². The van der Waals surface area contributed by atoms with Crippen LogP contribution < -0.4 is 10.1 Å². The van der Waals surface area contributed by atoms with Gasteiger partial charge in [0, 0.05) is 33.2 Å². The molecule has 1 fully saturated rings. The number of aliphatic imine (C=N–C) groups is 1. The number of furan rings is 1. The number of carbonyl (C=O) groups excluding carboxylic acids is 1. The maximum atomic E-state index is 12.4. The highest BCUT2D eigenvalue weighted by molar-refractivity contribution is 14.0. The van der Waals surface area contributed by atoms with E-state index >= 15 is 0 Å². The fourth-order valence-electron chi connectivity index (χ4n) is 3.21. The summed E-state index contributed by atoms with van der Waals surface area (Å²) in [6.07, 6.45) is 1.52. The lowest BCUT2D eigenvalue weighted by atomic mass is 10.2. The molecule has 0 spiro atoms. The lowest BCUT2D eigenvalue weighted by Gasteiger charge is -2.36. The van der Waals surface area contributed by atoms with Crippen molar-refractivity contribution < 1.29 is 13.9 Å². The number of nitrogens with one attached hydrogen (secondary N) is 1. The van der Waals surface area contributed by atoms with E-state index in [-0.39, 0.29) is 36.0 Å². The zero-order valence-corrected chi connectivity index (χ0v) is 19.5. The quantitative estimate of drug-likeness (QED) is 0.379. The maximum Gasteiger partial charge on any atom is 0.289 e. The minimum Gasteiger partial charge on any atom is -0.489 e. The fourth-order valence-corrected chi connectivity index (χ4v) is 3.21. The van der Waals surface area contributed by atoms with Gasteiger partial charge in [-0.15, -0.1) is 24.0 Å². The molecule has 0 bridgehead atoms. The number of aryl methyl sites for hydroxylation is 1. The Kier molecular flexibility index (Phi) is 8.81. The fraction of sp³-hybridized carbons (Fsp3) is 0.429. The van der Waals surface area contributed by atoms with Crippen molar-refractivity contribution >= 4 is 35.8 Å². The van der Waals surface area contributed by atoms with E-state index in [1.165, 1.54) is 11.8 Å². The number of ether oxygens (including phenoxy) is 1. The summed E-state index contributed by atoms with van der Waals surface area (Å²) in [4.78, 5) is 20.7. The Morgan fingerprint density at radius 2 is 1.93 bits per heavy atom.